The van der Waals surface area contributed by atoms with Gasteiger partial charge in [-0.05, 0) is 50.5 Å². The Morgan fingerprint density at radius 2 is 1.78 bits per heavy atom. The topological polar surface area (TPSA) is 24.1 Å². The molecule has 4 unspecified atom stereocenters. The molecule has 0 aromatic carbocycles. The summed E-state index contributed by atoms with van der Waals surface area (Å²) in [5.41, 5.74) is 0.366. The van der Waals surface area contributed by atoms with Crippen molar-refractivity contribution in [1.82, 2.24) is 10.6 Å². The fraction of sp³-hybridized carbons (Fsp3) is 1.00. The second-order valence-electron chi connectivity index (χ2n) is 7.51. The summed E-state index contributed by atoms with van der Waals surface area (Å²) in [5, 5.41) is 7.67. The molecule has 0 amide bonds. The van der Waals surface area contributed by atoms with Gasteiger partial charge in [0.15, 0.2) is 0 Å². The van der Waals surface area contributed by atoms with Crippen molar-refractivity contribution in [2.75, 3.05) is 6.54 Å². The lowest BCUT2D eigenvalue weighted by Crippen LogP contribution is -2.52. The fourth-order valence-corrected chi connectivity index (χ4v) is 3.50. The molecule has 0 radical (unpaired) electrons. The molecular weight excluding hydrogens is 220 g/mol. The lowest BCUT2D eigenvalue weighted by molar-refractivity contribution is 0.168. The lowest BCUT2D eigenvalue weighted by atomic mass is 9.77. The highest BCUT2D eigenvalue weighted by molar-refractivity contribution is 4.93. The second kappa shape index (κ2) is 5.92. The van der Waals surface area contributed by atoms with Crippen molar-refractivity contribution >= 4 is 0 Å². The molecule has 1 aliphatic heterocycles. The van der Waals surface area contributed by atoms with Crippen molar-refractivity contribution in [2.24, 2.45) is 11.3 Å². The maximum absolute atomic E-state index is 3.95. The predicted octanol–water partition coefficient (Wildman–Crippen LogP) is 3.32. The zero-order valence-corrected chi connectivity index (χ0v) is 12.8. The average molecular weight is 252 g/mol. The van der Waals surface area contributed by atoms with Crippen molar-refractivity contribution in [1.29, 1.82) is 0 Å². The van der Waals surface area contributed by atoms with Gasteiger partial charge >= 0.3 is 0 Å². The van der Waals surface area contributed by atoms with E-state index in [1.165, 1.54) is 45.1 Å². The molecule has 2 N–H and O–H groups in total. The highest BCUT2D eigenvalue weighted by Crippen LogP contribution is 2.32. The molecule has 0 aromatic rings. The van der Waals surface area contributed by atoms with E-state index in [-0.39, 0.29) is 0 Å². The Bertz CT molecular complexity index is 250. The van der Waals surface area contributed by atoms with Gasteiger partial charge in [0.25, 0.3) is 0 Å². The Kier molecular flexibility index (Phi) is 4.71. The predicted molar refractivity (Wildman–Crippen MR) is 78.8 cm³/mol. The number of nitrogens with one attached hydrogen (secondary N) is 2. The first-order valence-electron chi connectivity index (χ1n) is 7.98. The molecule has 2 fully saturated rings. The molecule has 1 aliphatic carbocycles. The van der Waals surface area contributed by atoms with Gasteiger partial charge in [-0.2, -0.15) is 0 Å². The van der Waals surface area contributed by atoms with Gasteiger partial charge in [0.1, 0.15) is 0 Å². The van der Waals surface area contributed by atoms with Crippen molar-refractivity contribution in [3.63, 3.8) is 0 Å². The zero-order chi connectivity index (χ0) is 13.2. The summed E-state index contributed by atoms with van der Waals surface area (Å²) >= 11 is 0. The monoisotopic (exact) mass is 252 g/mol. The third-order valence-electron chi connectivity index (χ3n) is 5.20. The summed E-state index contributed by atoms with van der Waals surface area (Å²) in [7, 11) is 0. The second-order valence-corrected chi connectivity index (χ2v) is 7.51. The quantitative estimate of drug-likeness (QED) is 0.805. The van der Waals surface area contributed by atoms with Gasteiger partial charge in [0.2, 0.25) is 0 Å². The van der Waals surface area contributed by atoms with Crippen LogP contribution in [-0.2, 0) is 0 Å². The summed E-state index contributed by atoms with van der Waals surface area (Å²) in [5.74, 6) is 0.867. The molecule has 1 saturated heterocycles. The molecule has 2 aliphatic rings. The van der Waals surface area contributed by atoms with Crippen LogP contribution in [0.2, 0.25) is 0 Å². The first-order valence-corrected chi connectivity index (χ1v) is 7.98. The number of hydrogen-bond acceptors (Lipinski definition) is 2. The van der Waals surface area contributed by atoms with Crippen molar-refractivity contribution < 1.29 is 0 Å². The van der Waals surface area contributed by atoms with Gasteiger partial charge in [0.05, 0.1) is 0 Å². The molecule has 2 heteroatoms. The molecule has 106 valence electrons. The van der Waals surface area contributed by atoms with Gasteiger partial charge < -0.3 is 10.6 Å². The molecular formula is C16H32N2. The zero-order valence-electron chi connectivity index (χ0n) is 12.8. The van der Waals surface area contributed by atoms with Crippen molar-refractivity contribution in [2.45, 2.75) is 84.3 Å². The first-order chi connectivity index (χ1) is 8.48. The minimum Gasteiger partial charge on any atom is -0.314 e. The van der Waals surface area contributed by atoms with Crippen LogP contribution in [0.4, 0.5) is 0 Å². The number of rotatable bonds is 3. The minimum absolute atomic E-state index is 0.366. The molecule has 1 saturated carbocycles. The Balaban J connectivity index is 1.95. The van der Waals surface area contributed by atoms with E-state index in [1.807, 2.05) is 0 Å². The van der Waals surface area contributed by atoms with Crippen molar-refractivity contribution in [3.05, 3.63) is 0 Å². The molecule has 4 atom stereocenters. The van der Waals surface area contributed by atoms with Crippen LogP contribution in [0, 0.1) is 11.3 Å². The van der Waals surface area contributed by atoms with Crippen LogP contribution in [0.25, 0.3) is 0 Å². The largest absolute Gasteiger partial charge is 0.314 e. The van der Waals surface area contributed by atoms with Crippen LogP contribution in [0.1, 0.15) is 66.2 Å². The Morgan fingerprint density at radius 3 is 2.39 bits per heavy atom. The first kappa shape index (κ1) is 14.3. The third kappa shape index (κ3) is 3.48. The van der Waals surface area contributed by atoms with Crippen LogP contribution >= 0.6 is 0 Å². The highest BCUT2D eigenvalue weighted by atomic mass is 15.0. The van der Waals surface area contributed by atoms with E-state index >= 15 is 0 Å². The molecule has 1 heterocycles. The Morgan fingerprint density at radius 1 is 1.06 bits per heavy atom. The molecule has 18 heavy (non-hydrogen) atoms. The van der Waals surface area contributed by atoms with E-state index < -0.39 is 0 Å². The number of hydrogen-bond donors (Lipinski definition) is 2. The van der Waals surface area contributed by atoms with Gasteiger partial charge in [-0.25, -0.2) is 0 Å². The molecule has 0 bridgehead atoms. The molecule has 0 spiro atoms. The highest BCUT2D eigenvalue weighted by Gasteiger charge is 2.35. The summed E-state index contributed by atoms with van der Waals surface area (Å²) in [6.45, 7) is 10.6. The van der Waals surface area contributed by atoms with Crippen LogP contribution in [-0.4, -0.2) is 24.7 Å². The van der Waals surface area contributed by atoms with E-state index in [0.717, 1.165) is 18.0 Å². The Hall–Kier alpha value is -0.0800. The third-order valence-corrected chi connectivity index (χ3v) is 5.20. The van der Waals surface area contributed by atoms with Gasteiger partial charge in [-0.15, -0.1) is 0 Å². The van der Waals surface area contributed by atoms with E-state index in [0.29, 0.717) is 11.5 Å². The maximum Gasteiger partial charge on any atom is 0.0113 e. The molecule has 0 aromatic heterocycles. The molecule has 2 nitrogen and oxygen atoms in total. The van der Waals surface area contributed by atoms with Gasteiger partial charge in [0, 0.05) is 18.1 Å². The van der Waals surface area contributed by atoms with E-state index in [4.69, 9.17) is 0 Å². The maximum atomic E-state index is 3.95. The Labute approximate surface area is 113 Å². The fourth-order valence-electron chi connectivity index (χ4n) is 3.50. The van der Waals surface area contributed by atoms with Crippen molar-refractivity contribution in [3.8, 4) is 0 Å². The van der Waals surface area contributed by atoms with Crippen LogP contribution in [0.3, 0.4) is 0 Å². The van der Waals surface area contributed by atoms with E-state index in [1.54, 1.807) is 0 Å². The van der Waals surface area contributed by atoms with Gasteiger partial charge in [-0.1, -0.05) is 33.6 Å². The average Bonchev–Trinajstić information content (AvgIpc) is 2.82. The van der Waals surface area contributed by atoms with Crippen LogP contribution < -0.4 is 10.6 Å². The smallest absolute Gasteiger partial charge is 0.0113 e. The normalized spacial score (nSPS) is 35.7. The molecule has 2 rings (SSSR count). The summed E-state index contributed by atoms with van der Waals surface area (Å²) in [6.07, 6.45) is 8.42. The van der Waals surface area contributed by atoms with Gasteiger partial charge in [-0.3, -0.25) is 0 Å². The van der Waals surface area contributed by atoms with Crippen LogP contribution in [0.5, 0.6) is 0 Å². The minimum atomic E-state index is 0.366. The van der Waals surface area contributed by atoms with E-state index in [9.17, 15) is 0 Å². The lowest BCUT2D eigenvalue weighted by Gasteiger charge is -2.40. The SMILES string of the molecule is CC(NC1CCCCC1C1CCCN1)C(C)(C)C. The summed E-state index contributed by atoms with van der Waals surface area (Å²) in [4.78, 5) is 0. The summed E-state index contributed by atoms with van der Waals surface area (Å²) in [6, 6.07) is 2.13. The van der Waals surface area contributed by atoms with Crippen LogP contribution in [0.15, 0.2) is 0 Å². The standard InChI is InChI=1S/C16H32N2/c1-12(16(2,3)4)18-15-9-6-5-8-13(15)14-10-7-11-17-14/h12-15,17-18H,5-11H2,1-4H3. The summed E-state index contributed by atoms with van der Waals surface area (Å²) < 4.78 is 0. The van der Waals surface area contributed by atoms with E-state index in [2.05, 4.69) is 38.3 Å².